The molecule has 0 saturated carbocycles. The third-order valence-electron chi connectivity index (χ3n) is 7.63. The van der Waals surface area contributed by atoms with Crippen molar-refractivity contribution in [3.8, 4) is 11.5 Å². The molecule has 16 nitrogen and oxygen atoms in total. The van der Waals surface area contributed by atoms with E-state index in [1.54, 1.807) is 30.3 Å². The number of amides is 6. The van der Waals surface area contributed by atoms with Gasteiger partial charge >= 0.3 is 29.8 Å². The largest absolute Gasteiger partial charge is 0.504 e. The van der Waals surface area contributed by atoms with E-state index in [2.05, 4.69) is 10.6 Å². The highest BCUT2D eigenvalue weighted by Crippen LogP contribution is 2.40. The third-order valence-corrected chi connectivity index (χ3v) is 8.97. The van der Waals surface area contributed by atoms with Crippen LogP contribution in [0.2, 0.25) is 0 Å². The van der Waals surface area contributed by atoms with E-state index in [-0.39, 0.29) is 49.0 Å². The van der Waals surface area contributed by atoms with Gasteiger partial charge in [-0.3, -0.25) is 33.8 Å². The lowest BCUT2D eigenvalue weighted by Gasteiger charge is -2.49. The Hall–Kier alpha value is -5.58. The summed E-state index contributed by atoms with van der Waals surface area (Å²) in [6.45, 7) is 0.529. The number of benzene rings is 2. The van der Waals surface area contributed by atoms with E-state index in [0.29, 0.717) is 16.0 Å². The third kappa shape index (κ3) is 6.69. The Morgan fingerprint density at radius 1 is 1.00 bits per heavy atom. The minimum atomic E-state index is -1.41. The molecule has 2 aromatic carbocycles. The predicted octanol–water partition coefficient (Wildman–Crippen LogP) is 0.0212. The van der Waals surface area contributed by atoms with E-state index < -0.39 is 64.8 Å². The lowest BCUT2D eigenvalue weighted by molar-refractivity contribution is -0.154. The number of fused-ring (bicyclic) bond motifs is 1. The molecule has 0 spiro atoms. The van der Waals surface area contributed by atoms with Gasteiger partial charge in [-0.05, 0) is 23.3 Å². The van der Waals surface area contributed by atoms with Crippen molar-refractivity contribution >= 4 is 53.4 Å². The molecule has 0 aliphatic carbocycles. The minimum absolute atomic E-state index is 0.0496. The zero-order valence-electron chi connectivity index (χ0n) is 24.7. The fourth-order valence-corrected chi connectivity index (χ4v) is 6.60. The van der Waals surface area contributed by atoms with Gasteiger partial charge in [-0.25, -0.2) is 9.59 Å². The number of aromatic hydroxyl groups is 2. The van der Waals surface area contributed by atoms with Crippen molar-refractivity contribution in [2.45, 2.75) is 30.9 Å². The molecule has 3 atom stereocenters. The summed E-state index contributed by atoms with van der Waals surface area (Å²) in [5.41, 5.74) is 0.634. The van der Waals surface area contributed by atoms with Crippen LogP contribution in [0.4, 0.5) is 4.79 Å². The number of phenolic OH excluding ortho intramolecular Hbond substituents is 2. The van der Waals surface area contributed by atoms with Crippen molar-refractivity contribution in [1.29, 1.82) is 0 Å². The highest BCUT2D eigenvalue weighted by Gasteiger charge is 2.54. The van der Waals surface area contributed by atoms with E-state index in [1.165, 1.54) is 30.0 Å². The van der Waals surface area contributed by atoms with Crippen molar-refractivity contribution in [2.75, 3.05) is 25.4 Å². The van der Waals surface area contributed by atoms with E-state index in [1.807, 2.05) is 0 Å². The average molecular weight is 668 g/mol. The topological polar surface area (TPSA) is 223 Å². The smallest absolute Gasteiger partial charge is 0.352 e. The molecule has 5 rings (SSSR count). The number of hydrogen-bond acceptors (Lipinski definition) is 11. The standard InChI is InChI=1S/C30H29N5O11S/c1-15(36)46-13-18-14-47-28-22(25(40)35(28)23(18)29(43)44)31-24(39)21(17-5-3-2-4-6-17)32-30(45)34-10-9-33(26(41)27(34)42)12-16-7-8-19(37)20(38)11-16/h2-8,11,21-22,28,37-38H,9-10,12-14H2,1H3,(H,31,39)(H,32,45)(H,43,44)/t21?,22-,28-/m1/s1. The number of imide groups is 1. The molecule has 0 bridgehead atoms. The Kier molecular flexibility index (Phi) is 9.36. The first kappa shape index (κ1) is 32.8. The van der Waals surface area contributed by atoms with Gasteiger partial charge in [0.25, 0.3) is 5.91 Å². The normalized spacial score (nSPS) is 19.9. The molecule has 17 heteroatoms. The number of carbonyl (C=O) groups excluding carboxylic acids is 6. The first-order valence-corrected chi connectivity index (χ1v) is 15.2. The molecule has 246 valence electrons. The molecule has 2 aromatic rings. The van der Waals surface area contributed by atoms with Crippen LogP contribution in [0.15, 0.2) is 59.8 Å². The summed E-state index contributed by atoms with van der Waals surface area (Å²) >= 11 is 1.16. The van der Waals surface area contributed by atoms with Gasteiger partial charge < -0.3 is 35.6 Å². The molecule has 1 unspecified atom stereocenters. The maximum atomic E-state index is 13.6. The van der Waals surface area contributed by atoms with Crippen LogP contribution in [-0.2, 0) is 40.0 Å². The summed E-state index contributed by atoms with van der Waals surface area (Å²) in [6.07, 6.45) is 0. The second kappa shape index (κ2) is 13.4. The van der Waals surface area contributed by atoms with E-state index in [4.69, 9.17) is 4.74 Å². The van der Waals surface area contributed by atoms with E-state index in [9.17, 15) is 48.9 Å². The summed E-state index contributed by atoms with van der Waals surface area (Å²) in [4.78, 5) is 91.9. The van der Waals surface area contributed by atoms with Crippen molar-refractivity contribution in [1.82, 2.24) is 25.3 Å². The number of urea groups is 1. The van der Waals surface area contributed by atoms with Crippen molar-refractivity contribution in [2.24, 2.45) is 0 Å². The number of hydrogen-bond donors (Lipinski definition) is 5. The molecular formula is C30H29N5O11S. The summed E-state index contributed by atoms with van der Waals surface area (Å²) in [5, 5.41) is 33.3. The fourth-order valence-electron chi connectivity index (χ4n) is 5.27. The van der Waals surface area contributed by atoms with E-state index >= 15 is 0 Å². The highest BCUT2D eigenvalue weighted by atomic mass is 32.2. The number of thioether (sulfide) groups is 1. The quantitative estimate of drug-likeness (QED) is 0.103. The number of carbonyl (C=O) groups is 7. The molecule has 3 heterocycles. The Balaban J connectivity index is 1.27. The van der Waals surface area contributed by atoms with Gasteiger partial charge in [0.1, 0.15) is 29.8 Å². The molecule has 2 fully saturated rings. The number of phenols is 2. The molecule has 6 amide bonds. The second-order valence-electron chi connectivity index (χ2n) is 10.7. The zero-order valence-corrected chi connectivity index (χ0v) is 25.6. The Bertz CT molecular complexity index is 1700. The van der Waals surface area contributed by atoms with Gasteiger partial charge in [-0.15, -0.1) is 11.8 Å². The SMILES string of the molecule is CC(=O)OCC1=C(C(=O)O)N2C(=O)[C@@H](NC(=O)C(NC(=O)N3CCN(Cc4ccc(O)c(O)c4)C(=O)C3=O)c3ccccc3)[C@H]2SC1. The summed E-state index contributed by atoms with van der Waals surface area (Å²) in [7, 11) is 0. The highest BCUT2D eigenvalue weighted by molar-refractivity contribution is 8.00. The first-order chi connectivity index (χ1) is 22.4. The maximum absolute atomic E-state index is 13.6. The molecule has 2 saturated heterocycles. The number of nitrogens with one attached hydrogen (secondary N) is 2. The van der Waals surface area contributed by atoms with Gasteiger partial charge in [-0.1, -0.05) is 36.4 Å². The predicted molar refractivity (Wildman–Crippen MR) is 161 cm³/mol. The van der Waals surface area contributed by atoms with Crippen LogP contribution in [0.3, 0.4) is 0 Å². The van der Waals surface area contributed by atoms with Crippen molar-refractivity contribution in [3.05, 3.63) is 70.9 Å². The van der Waals surface area contributed by atoms with Gasteiger partial charge in [-0.2, -0.15) is 0 Å². The van der Waals surface area contributed by atoms with Crippen LogP contribution in [0.1, 0.15) is 24.1 Å². The Labute approximate surface area is 270 Å². The molecule has 5 N–H and O–H groups in total. The monoisotopic (exact) mass is 667 g/mol. The van der Waals surface area contributed by atoms with Crippen LogP contribution in [-0.4, -0.2) is 108 Å². The van der Waals surface area contributed by atoms with Crippen LogP contribution >= 0.6 is 11.8 Å². The van der Waals surface area contributed by atoms with Gasteiger partial charge in [0, 0.05) is 37.9 Å². The lowest BCUT2D eigenvalue weighted by Crippen LogP contribution is -2.71. The molecule has 3 aliphatic heterocycles. The van der Waals surface area contributed by atoms with E-state index in [0.717, 1.165) is 16.7 Å². The number of β-lactam (4-membered cyclic amide) rings is 1. The Morgan fingerprint density at radius 2 is 1.72 bits per heavy atom. The number of carboxylic acid groups (broad SMARTS) is 1. The maximum Gasteiger partial charge on any atom is 0.352 e. The minimum Gasteiger partial charge on any atom is -0.504 e. The summed E-state index contributed by atoms with van der Waals surface area (Å²) in [5.74, 6) is -6.33. The molecule has 0 aromatic heterocycles. The first-order valence-electron chi connectivity index (χ1n) is 14.2. The van der Waals surface area contributed by atoms with Gasteiger partial charge in [0.15, 0.2) is 11.5 Å². The number of esters is 1. The van der Waals surface area contributed by atoms with Gasteiger partial charge in [0.2, 0.25) is 5.91 Å². The van der Waals surface area contributed by atoms with Gasteiger partial charge in [0.05, 0.1) is 0 Å². The van der Waals surface area contributed by atoms with Crippen molar-refractivity contribution in [3.63, 3.8) is 0 Å². The number of aliphatic carboxylic acids is 1. The van der Waals surface area contributed by atoms with Crippen LogP contribution in [0, 0.1) is 0 Å². The number of piperazine rings is 1. The molecule has 3 aliphatic rings. The zero-order chi connectivity index (χ0) is 34.0. The van der Waals surface area contributed by atoms with Crippen LogP contribution in [0.25, 0.3) is 0 Å². The Morgan fingerprint density at radius 3 is 2.38 bits per heavy atom. The number of ether oxygens (including phenoxy) is 1. The van der Waals surface area contributed by atoms with Crippen LogP contribution in [0.5, 0.6) is 11.5 Å². The number of rotatable bonds is 9. The summed E-state index contributed by atoms with van der Waals surface area (Å²) in [6, 6.07) is 8.34. The summed E-state index contributed by atoms with van der Waals surface area (Å²) < 4.78 is 4.93. The molecule has 47 heavy (non-hydrogen) atoms. The lowest BCUT2D eigenvalue weighted by atomic mass is 10.0. The fraction of sp³-hybridized carbons (Fsp3) is 0.300. The van der Waals surface area contributed by atoms with Crippen LogP contribution < -0.4 is 10.6 Å². The van der Waals surface area contributed by atoms with Crippen molar-refractivity contribution < 1.29 is 53.6 Å². The number of nitrogens with zero attached hydrogens (tertiary/aromatic N) is 3. The number of carboxylic acids is 1. The molecular weight excluding hydrogens is 638 g/mol. The average Bonchev–Trinajstić information content (AvgIpc) is 3.04. The molecule has 0 radical (unpaired) electrons. The second-order valence-corrected chi connectivity index (χ2v) is 11.8.